The van der Waals surface area contributed by atoms with E-state index in [0.717, 1.165) is 21.7 Å². The number of hydrogen-bond acceptors (Lipinski definition) is 4. The van der Waals surface area contributed by atoms with Crippen molar-refractivity contribution in [3.05, 3.63) is 65.0 Å². The number of carbonyl (C=O) groups excluding carboxylic acids is 2. The van der Waals surface area contributed by atoms with Gasteiger partial charge in [0, 0.05) is 12.1 Å². The van der Waals surface area contributed by atoms with Gasteiger partial charge in [0.2, 0.25) is 21.8 Å². The Balaban J connectivity index is 2.44. The first kappa shape index (κ1) is 27.3. The van der Waals surface area contributed by atoms with E-state index in [1.54, 1.807) is 26.0 Å². The van der Waals surface area contributed by atoms with Gasteiger partial charge in [-0.2, -0.15) is 0 Å². The Morgan fingerprint density at radius 3 is 2.18 bits per heavy atom. The number of hydrogen-bond donors (Lipinski definition) is 1. The smallest absolute Gasteiger partial charge is 0.244 e. The highest BCUT2D eigenvalue weighted by atomic mass is 32.2. The minimum absolute atomic E-state index is 0.0161. The second kappa shape index (κ2) is 10.5. The molecule has 0 aromatic heterocycles. The number of carbonyl (C=O) groups is 2. The van der Waals surface area contributed by atoms with Gasteiger partial charge < -0.3 is 10.2 Å². The lowest BCUT2D eigenvalue weighted by Gasteiger charge is -2.33. The van der Waals surface area contributed by atoms with Gasteiger partial charge in [-0.05, 0) is 76.4 Å². The lowest BCUT2D eigenvalue weighted by molar-refractivity contribution is -0.140. The Morgan fingerprint density at radius 1 is 1.06 bits per heavy atom. The van der Waals surface area contributed by atoms with Crippen molar-refractivity contribution in [2.75, 3.05) is 17.1 Å². The van der Waals surface area contributed by atoms with Crippen molar-refractivity contribution in [3.63, 3.8) is 0 Å². The molecule has 0 aliphatic rings. The van der Waals surface area contributed by atoms with Gasteiger partial charge in [-0.25, -0.2) is 12.8 Å². The molecule has 0 aliphatic heterocycles. The third kappa shape index (κ3) is 7.28. The van der Waals surface area contributed by atoms with Crippen molar-refractivity contribution >= 4 is 27.5 Å². The monoisotopic (exact) mass is 491 g/mol. The normalized spacial score (nSPS) is 12.7. The molecule has 0 fully saturated rings. The zero-order valence-electron chi connectivity index (χ0n) is 20.8. The summed E-state index contributed by atoms with van der Waals surface area (Å²) in [6.45, 7) is 10.3. The van der Waals surface area contributed by atoms with Gasteiger partial charge in [-0.3, -0.25) is 13.9 Å². The van der Waals surface area contributed by atoms with Crippen LogP contribution in [-0.4, -0.2) is 49.5 Å². The number of halogens is 1. The maximum atomic E-state index is 13.5. The number of anilines is 1. The van der Waals surface area contributed by atoms with Gasteiger partial charge >= 0.3 is 0 Å². The van der Waals surface area contributed by atoms with E-state index in [1.165, 1.54) is 29.2 Å². The molecule has 34 heavy (non-hydrogen) atoms. The first-order valence-electron chi connectivity index (χ1n) is 11.0. The van der Waals surface area contributed by atoms with Crippen molar-refractivity contribution in [1.29, 1.82) is 0 Å². The molecule has 1 N–H and O–H groups in total. The van der Waals surface area contributed by atoms with E-state index in [4.69, 9.17) is 0 Å². The maximum absolute atomic E-state index is 13.5. The van der Waals surface area contributed by atoms with Crippen LogP contribution in [0.1, 0.15) is 44.4 Å². The molecule has 0 heterocycles. The Morgan fingerprint density at radius 2 is 1.65 bits per heavy atom. The molecule has 2 amide bonds. The number of amides is 2. The fourth-order valence-electron chi connectivity index (χ4n) is 3.44. The van der Waals surface area contributed by atoms with Crippen molar-refractivity contribution in [2.45, 2.75) is 59.7 Å². The van der Waals surface area contributed by atoms with E-state index < -0.39 is 39.9 Å². The quantitative estimate of drug-likeness (QED) is 0.612. The molecule has 2 aromatic carbocycles. The number of aryl methyl sites for hydroxylation is 1. The van der Waals surface area contributed by atoms with E-state index in [2.05, 4.69) is 5.32 Å². The largest absolute Gasteiger partial charge is 0.350 e. The second-order valence-electron chi connectivity index (χ2n) is 9.55. The third-order valence-corrected chi connectivity index (χ3v) is 6.58. The van der Waals surface area contributed by atoms with Gasteiger partial charge in [0.05, 0.1) is 11.9 Å². The highest BCUT2D eigenvalue weighted by molar-refractivity contribution is 7.92. The van der Waals surface area contributed by atoms with Crippen LogP contribution in [0, 0.1) is 19.7 Å². The summed E-state index contributed by atoms with van der Waals surface area (Å²) >= 11 is 0. The second-order valence-corrected chi connectivity index (χ2v) is 11.5. The van der Waals surface area contributed by atoms with Gasteiger partial charge in [0.25, 0.3) is 0 Å². The van der Waals surface area contributed by atoms with Crippen molar-refractivity contribution in [3.8, 4) is 0 Å². The Bertz CT molecular complexity index is 1140. The van der Waals surface area contributed by atoms with E-state index in [0.29, 0.717) is 11.3 Å². The first-order chi connectivity index (χ1) is 15.6. The lowest BCUT2D eigenvalue weighted by Crippen LogP contribution is -2.54. The van der Waals surface area contributed by atoms with Crippen LogP contribution in [0.3, 0.4) is 0 Å². The molecule has 0 unspecified atom stereocenters. The minimum atomic E-state index is -3.80. The predicted octanol–water partition coefficient (Wildman–Crippen LogP) is 3.54. The van der Waals surface area contributed by atoms with Crippen molar-refractivity contribution < 1.29 is 22.4 Å². The summed E-state index contributed by atoms with van der Waals surface area (Å²) in [7, 11) is -3.80. The van der Waals surface area contributed by atoms with Crippen LogP contribution >= 0.6 is 0 Å². The highest BCUT2D eigenvalue weighted by Crippen LogP contribution is 2.25. The number of nitrogens with one attached hydrogen (secondary N) is 1. The van der Waals surface area contributed by atoms with E-state index in [1.807, 2.05) is 33.8 Å². The fourth-order valence-corrected chi connectivity index (χ4v) is 4.34. The molecule has 186 valence electrons. The SMILES string of the molecule is Cc1cccc(N(CC(=O)N(Cc2ccc(F)cc2)[C@@H](C)C(=O)NC(C)(C)C)S(C)(=O)=O)c1C. The average Bonchev–Trinajstić information content (AvgIpc) is 2.71. The number of benzene rings is 2. The molecule has 9 heteroatoms. The molecule has 0 spiro atoms. The molecular formula is C25H34FN3O4S. The molecule has 0 saturated heterocycles. The van der Waals surface area contributed by atoms with Crippen LogP contribution < -0.4 is 9.62 Å². The summed E-state index contributed by atoms with van der Waals surface area (Å²) in [5.74, 6) is -1.34. The molecule has 0 radical (unpaired) electrons. The Kier molecular flexibility index (Phi) is 8.47. The van der Waals surface area contributed by atoms with Crippen LogP contribution in [0.15, 0.2) is 42.5 Å². The van der Waals surface area contributed by atoms with Gasteiger partial charge in [-0.15, -0.1) is 0 Å². The zero-order chi connectivity index (χ0) is 25.8. The average molecular weight is 492 g/mol. The Labute approximate surface area is 202 Å². The highest BCUT2D eigenvalue weighted by Gasteiger charge is 2.31. The van der Waals surface area contributed by atoms with Crippen LogP contribution in [0.5, 0.6) is 0 Å². The maximum Gasteiger partial charge on any atom is 0.244 e. The van der Waals surface area contributed by atoms with E-state index >= 15 is 0 Å². The predicted molar refractivity (Wildman–Crippen MR) is 132 cm³/mol. The summed E-state index contributed by atoms with van der Waals surface area (Å²) in [4.78, 5) is 27.7. The Hall–Kier alpha value is -2.94. The van der Waals surface area contributed by atoms with Crippen molar-refractivity contribution in [1.82, 2.24) is 10.2 Å². The zero-order valence-corrected chi connectivity index (χ0v) is 21.7. The van der Waals surface area contributed by atoms with Gasteiger partial charge in [-0.1, -0.05) is 24.3 Å². The van der Waals surface area contributed by atoms with E-state index in [-0.39, 0.29) is 12.5 Å². The molecule has 0 saturated carbocycles. The summed E-state index contributed by atoms with van der Waals surface area (Å²) in [6, 6.07) is 9.96. The third-order valence-electron chi connectivity index (χ3n) is 5.46. The van der Waals surface area contributed by atoms with E-state index in [9.17, 15) is 22.4 Å². The number of sulfonamides is 1. The summed E-state index contributed by atoms with van der Waals surface area (Å²) in [6.07, 6.45) is 1.04. The van der Waals surface area contributed by atoms with Crippen LogP contribution in [0.2, 0.25) is 0 Å². The topological polar surface area (TPSA) is 86.8 Å². The summed E-state index contributed by atoms with van der Waals surface area (Å²) in [5, 5.41) is 2.86. The van der Waals surface area contributed by atoms with Crippen LogP contribution in [0.25, 0.3) is 0 Å². The molecular weight excluding hydrogens is 457 g/mol. The summed E-state index contributed by atoms with van der Waals surface area (Å²) in [5.41, 5.74) is 2.13. The fraction of sp³-hybridized carbons (Fsp3) is 0.440. The van der Waals surface area contributed by atoms with Gasteiger partial charge in [0.15, 0.2) is 0 Å². The number of rotatable bonds is 8. The first-order valence-corrected chi connectivity index (χ1v) is 12.8. The molecule has 0 bridgehead atoms. The van der Waals surface area contributed by atoms with Crippen molar-refractivity contribution in [2.24, 2.45) is 0 Å². The van der Waals surface area contributed by atoms with Gasteiger partial charge in [0.1, 0.15) is 18.4 Å². The molecule has 2 aromatic rings. The molecule has 7 nitrogen and oxygen atoms in total. The van der Waals surface area contributed by atoms with Crippen LogP contribution in [0.4, 0.5) is 10.1 Å². The standard InChI is InChI=1S/C25H34FN3O4S/c1-17-9-8-10-22(18(17)2)29(34(7,32)33)16-23(30)28(15-20-11-13-21(26)14-12-20)19(3)24(31)27-25(4,5)6/h8-14,19H,15-16H2,1-7H3,(H,27,31)/t19-/m0/s1. The number of nitrogens with zero attached hydrogens (tertiary/aromatic N) is 2. The lowest BCUT2D eigenvalue weighted by atomic mass is 10.1. The summed E-state index contributed by atoms with van der Waals surface area (Å²) < 4.78 is 39.8. The molecule has 2 rings (SSSR count). The van der Waals surface area contributed by atoms with Crippen LogP contribution in [-0.2, 0) is 26.2 Å². The minimum Gasteiger partial charge on any atom is -0.350 e. The molecule has 1 atom stereocenters. The molecule has 0 aliphatic carbocycles.